The Kier molecular flexibility index (Phi) is 6.94. The zero-order valence-electron chi connectivity index (χ0n) is 13.2. The molecule has 0 aromatic heterocycles. The van der Waals surface area contributed by atoms with Crippen molar-refractivity contribution >= 4 is 17.1 Å². The monoisotopic (exact) mass is 294 g/mol. The summed E-state index contributed by atoms with van der Waals surface area (Å²) in [4.78, 5) is 14.9. The first-order valence-electron chi connectivity index (χ1n) is 7.54. The average Bonchev–Trinajstić information content (AvgIpc) is 2.48. The SMILES string of the molecule is CCN(CC)CCCN(CC)c1ccc([N+](=O)[O-])cc1N. The van der Waals surface area contributed by atoms with E-state index in [4.69, 9.17) is 5.73 Å². The van der Waals surface area contributed by atoms with Gasteiger partial charge in [-0.25, -0.2) is 0 Å². The van der Waals surface area contributed by atoms with E-state index in [-0.39, 0.29) is 5.69 Å². The van der Waals surface area contributed by atoms with Crippen molar-refractivity contribution < 1.29 is 4.92 Å². The molecule has 0 spiro atoms. The van der Waals surface area contributed by atoms with Gasteiger partial charge in [0.1, 0.15) is 0 Å². The molecule has 0 atom stereocenters. The normalized spacial score (nSPS) is 10.9. The number of nitrogens with two attached hydrogens (primary N) is 1. The van der Waals surface area contributed by atoms with Crippen LogP contribution < -0.4 is 10.6 Å². The van der Waals surface area contributed by atoms with Gasteiger partial charge in [-0.3, -0.25) is 10.1 Å². The Bertz CT molecular complexity index is 461. The van der Waals surface area contributed by atoms with Gasteiger partial charge in [-0.2, -0.15) is 0 Å². The van der Waals surface area contributed by atoms with Gasteiger partial charge in [-0.05, 0) is 39.0 Å². The first kappa shape index (κ1) is 17.2. The molecule has 0 aliphatic heterocycles. The molecule has 0 fully saturated rings. The van der Waals surface area contributed by atoms with Crippen LogP contribution >= 0.6 is 0 Å². The topological polar surface area (TPSA) is 75.6 Å². The highest BCUT2D eigenvalue weighted by atomic mass is 16.6. The Morgan fingerprint density at radius 3 is 2.29 bits per heavy atom. The Hall–Kier alpha value is -1.82. The Morgan fingerprint density at radius 2 is 1.81 bits per heavy atom. The zero-order chi connectivity index (χ0) is 15.8. The van der Waals surface area contributed by atoms with E-state index < -0.39 is 4.92 Å². The summed E-state index contributed by atoms with van der Waals surface area (Å²) in [5.74, 6) is 0. The number of hydrogen-bond acceptors (Lipinski definition) is 5. The lowest BCUT2D eigenvalue weighted by molar-refractivity contribution is -0.384. The van der Waals surface area contributed by atoms with Crippen LogP contribution in [0.3, 0.4) is 0 Å². The highest BCUT2D eigenvalue weighted by molar-refractivity contribution is 5.70. The maximum Gasteiger partial charge on any atom is 0.271 e. The first-order chi connectivity index (χ1) is 10.0. The first-order valence-corrected chi connectivity index (χ1v) is 7.54. The molecule has 0 radical (unpaired) electrons. The molecule has 0 unspecified atom stereocenters. The number of nitro groups is 1. The summed E-state index contributed by atoms with van der Waals surface area (Å²) < 4.78 is 0. The second-order valence-electron chi connectivity index (χ2n) is 4.96. The number of rotatable bonds is 9. The summed E-state index contributed by atoms with van der Waals surface area (Å²) in [6, 6.07) is 4.69. The summed E-state index contributed by atoms with van der Waals surface area (Å²) in [6.45, 7) is 11.3. The lowest BCUT2D eigenvalue weighted by atomic mass is 10.2. The predicted octanol–water partition coefficient (Wildman–Crippen LogP) is 2.74. The molecule has 118 valence electrons. The highest BCUT2D eigenvalue weighted by Gasteiger charge is 2.13. The van der Waals surface area contributed by atoms with Gasteiger partial charge in [0.25, 0.3) is 5.69 Å². The van der Waals surface area contributed by atoms with Crippen molar-refractivity contribution in [3.05, 3.63) is 28.3 Å². The van der Waals surface area contributed by atoms with Gasteiger partial charge in [0, 0.05) is 25.2 Å². The standard InChI is InChI=1S/C15H26N4O2/c1-4-17(5-2)10-7-11-18(6-3)15-9-8-13(19(20)21)12-14(15)16/h8-9,12H,4-7,10-11,16H2,1-3H3. The second-order valence-corrected chi connectivity index (χ2v) is 4.96. The Labute approximate surface area is 126 Å². The molecule has 0 saturated carbocycles. The molecule has 1 aromatic carbocycles. The summed E-state index contributed by atoms with van der Waals surface area (Å²) in [5, 5.41) is 10.7. The third kappa shape index (κ3) is 4.90. The quantitative estimate of drug-likeness (QED) is 0.430. The van der Waals surface area contributed by atoms with Gasteiger partial charge in [0.05, 0.1) is 16.3 Å². The van der Waals surface area contributed by atoms with E-state index >= 15 is 0 Å². The van der Waals surface area contributed by atoms with Crippen molar-refractivity contribution in [3.8, 4) is 0 Å². The lowest BCUT2D eigenvalue weighted by Gasteiger charge is -2.26. The van der Waals surface area contributed by atoms with E-state index in [1.807, 2.05) is 0 Å². The van der Waals surface area contributed by atoms with Gasteiger partial charge in [-0.1, -0.05) is 13.8 Å². The van der Waals surface area contributed by atoms with Crippen LogP contribution in [-0.4, -0.2) is 42.5 Å². The summed E-state index contributed by atoms with van der Waals surface area (Å²) in [5.41, 5.74) is 7.34. The van der Waals surface area contributed by atoms with Crippen LogP contribution in [0.2, 0.25) is 0 Å². The van der Waals surface area contributed by atoms with Crippen molar-refractivity contribution in [2.75, 3.05) is 43.4 Å². The minimum absolute atomic E-state index is 0.0374. The summed E-state index contributed by atoms with van der Waals surface area (Å²) in [6.07, 6.45) is 1.05. The highest BCUT2D eigenvalue weighted by Crippen LogP contribution is 2.27. The second kappa shape index (κ2) is 8.46. The summed E-state index contributed by atoms with van der Waals surface area (Å²) in [7, 11) is 0. The molecular weight excluding hydrogens is 268 g/mol. The van der Waals surface area contributed by atoms with Gasteiger partial charge in [0.2, 0.25) is 0 Å². The number of hydrogen-bond donors (Lipinski definition) is 1. The van der Waals surface area contributed by atoms with E-state index in [1.54, 1.807) is 6.07 Å². The number of nitrogen functional groups attached to an aromatic ring is 1. The number of anilines is 2. The fourth-order valence-corrected chi connectivity index (χ4v) is 2.42. The van der Waals surface area contributed by atoms with Crippen LogP contribution in [0.4, 0.5) is 17.1 Å². The lowest BCUT2D eigenvalue weighted by Crippen LogP contribution is -2.30. The van der Waals surface area contributed by atoms with Gasteiger partial charge >= 0.3 is 0 Å². The molecule has 0 amide bonds. The molecule has 21 heavy (non-hydrogen) atoms. The Morgan fingerprint density at radius 1 is 1.14 bits per heavy atom. The maximum atomic E-state index is 10.7. The third-order valence-electron chi connectivity index (χ3n) is 3.74. The number of benzene rings is 1. The smallest absolute Gasteiger partial charge is 0.271 e. The average molecular weight is 294 g/mol. The van der Waals surface area contributed by atoms with E-state index in [9.17, 15) is 10.1 Å². The van der Waals surface area contributed by atoms with E-state index in [0.29, 0.717) is 5.69 Å². The van der Waals surface area contributed by atoms with Crippen molar-refractivity contribution in [1.29, 1.82) is 0 Å². The van der Waals surface area contributed by atoms with Crippen molar-refractivity contribution in [3.63, 3.8) is 0 Å². The van der Waals surface area contributed by atoms with Gasteiger partial charge < -0.3 is 15.5 Å². The number of nitrogens with zero attached hydrogens (tertiary/aromatic N) is 3. The van der Waals surface area contributed by atoms with Crippen molar-refractivity contribution in [2.45, 2.75) is 27.2 Å². The van der Waals surface area contributed by atoms with Crippen LogP contribution in [0.1, 0.15) is 27.2 Å². The third-order valence-corrected chi connectivity index (χ3v) is 3.74. The predicted molar refractivity (Wildman–Crippen MR) is 87.8 cm³/mol. The molecule has 0 aliphatic carbocycles. The molecule has 1 aromatic rings. The van der Waals surface area contributed by atoms with Crippen LogP contribution in [0.25, 0.3) is 0 Å². The molecule has 0 heterocycles. The van der Waals surface area contributed by atoms with Crippen molar-refractivity contribution in [1.82, 2.24) is 4.90 Å². The van der Waals surface area contributed by atoms with Crippen LogP contribution in [0.5, 0.6) is 0 Å². The fraction of sp³-hybridized carbons (Fsp3) is 0.600. The molecule has 0 bridgehead atoms. The summed E-state index contributed by atoms with van der Waals surface area (Å²) >= 11 is 0. The fourth-order valence-electron chi connectivity index (χ4n) is 2.42. The molecule has 0 saturated heterocycles. The number of nitro benzene ring substituents is 1. The minimum Gasteiger partial charge on any atom is -0.397 e. The van der Waals surface area contributed by atoms with Crippen molar-refractivity contribution in [2.24, 2.45) is 0 Å². The molecular formula is C15H26N4O2. The zero-order valence-corrected chi connectivity index (χ0v) is 13.2. The number of non-ortho nitro benzene ring substituents is 1. The van der Waals surface area contributed by atoms with E-state index in [0.717, 1.165) is 44.8 Å². The maximum absolute atomic E-state index is 10.7. The molecule has 6 heteroatoms. The molecule has 6 nitrogen and oxygen atoms in total. The largest absolute Gasteiger partial charge is 0.397 e. The minimum atomic E-state index is -0.420. The molecule has 1 rings (SSSR count). The van der Waals surface area contributed by atoms with E-state index in [1.165, 1.54) is 12.1 Å². The van der Waals surface area contributed by atoms with Crippen LogP contribution in [0, 0.1) is 10.1 Å². The van der Waals surface area contributed by atoms with E-state index in [2.05, 4.69) is 30.6 Å². The molecule has 0 aliphatic rings. The molecule has 2 N–H and O–H groups in total. The van der Waals surface area contributed by atoms with Crippen LogP contribution in [0.15, 0.2) is 18.2 Å². The van der Waals surface area contributed by atoms with Gasteiger partial charge in [-0.15, -0.1) is 0 Å². The van der Waals surface area contributed by atoms with Crippen LogP contribution in [-0.2, 0) is 0 Å². The Balaban J connectivity index is 2.69. The van der Waals surface area contributed by atoms with Gasteiger partial charge in [0.15, 0.2) is 0 Å².